The summed E-state index contributed by atoms with van der Waals surface area (Å²) >= 11 is 0. The Morgan fingerprint density at radius 2 is 1.86 bits per heavy atom. The second-order valence-corrected chi connectivity index (χ2v) is 14.5. The van der Waals surface area contributed by atoms with Crippen LogP contribution in [0.1, 0.15) is 47.0 Å². The number of nitrogens with two attached hydrogens (primary N) is 3. The van der Waals surface area contributed by atoms with Gasteiger partial charge in [0.05, 0.1) is 44.1 Å². The number of carbonyl (C=O) groups excluding carboxylic acids is 2. The van der Waals surface area contributed by atoms with Crippen molar-refractivity contribution in [2.45, 2.75) is 125 Å². The van der Waals surface area contributed by atoms with E-state index in [0.717, 1.165) is 4.90 Å². The highest BCUT2D eigenvalue weighted by Crippen LogP contribution is 2.37. The highest BCUT2D eigenvalue weighted by Gasteiger charge is 2.55. The molecule has 3 rings (SSSR count). The van der Waals surface area contributed by atoms with E-state index in [0.29, 0.717) is 12.2 Å². The van der Waals surface area contributed by atoms with Crippen molar-refractivity contribution in [3.05, 3.63) is 11.8 Å². The Kier molecular flexibility index (Phi) is 14.6. The highest BCUT2D eigenvalue weighted by molar-refractivity contribution is 5.80. The fourth-order valence-electron chi connectivity index (χ4n) is 6.55. The Labute approximate surface area is 286 Å². The molecule has 1 saturated carbocycles. The minimum Gasteiger partial charge on any atom is -0.492 e. The number of nitrogens with one attached hydrogen (secondary N) is 2. The minimum atomic E-state index is -1.74. The summed E-state index contributed by atoms with van der Waals surface area (Å²) in [4.78, 5) is 26.9. The molecule has 0 radical (unpaired) electrons. The third-order valence-electron chi connectivity index (χ3n) is 8.98. The summed E-state index contributed by atoms with van der Waals surface area (Å²) in [6.07, 6.45) is -7.87. The molecule has 49 heavy (non-hydrogen) atoms. The molecule has 2 heterocycles. The predicted octanol–water partition coefficient (Wildman–Crippen LogP) is -4.08. The van der Waals surface area contributed by atoms with E-state index in [4.69, 9.17) is 41.3 Å². The number of carbonyl (C=O) groups is 2. The van der Waals surface area contributed by atoms with Crippen LogP contribution in [0.5, 0.6) is 0 Å². The van der Waals surface area contributed by atoms with Gasteiger partial charge in [-0.2, -0.15) is 0 Å². The number of aliphatic hydroxyl groups excluding tert-OH is 5. The Morgan fingerprint density at radius 3 is 2.47 bits per heavy atom. The van der Waals surface area contributed by atoms with Crippen LogP contribution in [0.25, 0.3) is 0 Å². The van der Waals surface area contributed by atoms with Crippen molar-refractivity contribution in [2.24, 2.45) is 23.1 Å². The summed E-state index contributed by atoms with van der Waals surface area (Å²) in [5.74, 6) is -1.15. The summed E-state index contributed by atoms with van der Waals surface area (Å²) in [7, 11) is 1.36. The molecule has 2 fully saturated rings. The third-order valence-corrected chi connectivity index (χ3v) is 8.98. The molecule has 2 aliphatic heterocycles. The maximum absolute atomic E-state index is 13.0. The van der Waals surface area contributed by atoms with Gasteiger partial charge in [0.25, 0.3) is 0 Å². The lowest BCUT2D eigenvalue weighted by Gasteiger charge is -2.51. The van der Waals surface area contributed by atoms with Gasteiger partial charge in [-0.25, -0.2) is 4.79 Å². The molecule has 18 nitrogen and oxygen atoms in total. The first kappa shape index (κ1) is 41.2. The molecule has 18 heteroatoms. The number of nitrogens with zero attached hydrogens (tertiary/aromatic N) is 1. The molecule has 0 aromatic rings. The Balaban J connectivity index is 1.89. The normalized spacial score (nSPS) is 36.6. The van der Waals surface area contributed by atoms with E-state index < -0.39 is 103 Å². The van der Waals surface area contributed by atoms with Gasteiger partial charge in [0.1, 0.15) is 41.4 Å². The molecule has 3 aliphatic rings. The quantitative estimate of drug-likeness (QED) is 0.0868. The Morgan fingerprint density at radius 1 is 1.18 bits per heavy atom. The van der Waals surface area contributed by atoms with Crippen molar-refractivity contribution in [3.8, 4) is 0 Å². The van der Waals surface area contributed by atoms with E-state index in [-0.39, 0.29) is 39.1 Å². The zero-order valence-corrected chi connectivity index (χ0v) is 29.0. The van der Waals surface area contributed by atoms with Gasteiger partial charge in [-0.3, -0.25) is 4.79 Å². The van der Waals surface area contributed by atoms with Crippen LogP contribution in [-0.4, -0.2) is 166 Å². The Hall–Kier alpha value is -2.20. The van der Waals surface area contributed by atoms with E-state index in [1.165, 1.54) is 14.0 Å². The van der Waals surface area contributed by atoms with Gasteiger partial charge in [-0.1, -0.05) is 0 Å². The molecule has 1 saturated heterocycles. The van der Waals surface area contributed by atoms with Gasteiger partial charge in [0, 0.05) is 31.6 Å². The number of hydrogen-bond acceptors (Lipinski definition) is 16. The van der Waals surface area contributed by atoms with E-state index in [2.05, 4.69) is 10.6 Å². The zero-order valence-electron chi connectivity index (χ0n) is 29.0. The van der Waals surface area contributed by atoms with Gasteiger partial charge in [-0.05, 0) is 59.6 Å². The molecule has 0 spiro atoms. The molecule has 0 aromatic carbocycles. The highest BCUT2D eigenvalue weighted by atomic mass is 16.7. The molecular formula is C31H58N6O12. The maximum Gasteiger partial charge on any atom is 0.410 e. The number of likely N-dealkylation sites (N-methyl/N-ethyl adjacent to an activating group) is 1. The monoisotopic (exact) mass is 706 g/mol. The SMILES string of the molecule is CN(C(=O)OC(C)(C)C)[C@@H]1[C@@H](O)[C@@H](O[C@H]2[C@H](NC(=O)[C@H](O)CCN)C[C@H](N)C([C@H]3OC(CNCC(O)CO)=CC[C@H]3N)[C@@H]2O)OC[C@]1(C)O. The topological polar surface area (TPSA) is 298 Å². The second-order valence-electron chi connectivity index (χ2n) is 14.5. The van der Waals surface area contributed by atoms with Crippen molar-refractivity contribution in [2.75, 3.05) is 39.9 Å². The molecule has 0 bridgehead atoms. The van der Waals surface area contributed by atoms with Crippen LogP contribution in [0.2, 0.25) is 0 Å². The number of hydrogen-bond donors (Lipinski definition) is 11. The van der Waals surface area contributed by atoms with Crippen LogP contribution in [0.15, 0.2) is 11.8 Å². The van der Waals surface area contributed by atoms with Gasteiger partial charge < -0.3 is 82.3 Å². The fraction of sp³-hybridized carbons (Fsp3) is 0.871. The molecule has 2 amide bonds. The summed E-state index contributed by atoms with van der Waals surface area (Å²) < 4.78 is 23.6. The first-order valence-corrected chi connectivity index (χ1v) is 16.7. The van der Waals surface area contributed by atoms with E-state index in [9.17, 15) is 35.1 Å². The Bertz CT molecular complexity index is 1130. The zero-order chi connectivity index (χ0) is 36.8. The lowest BCUT2D eigenvalue weighted by Crippen LogP contribution is -2.70. The summed E-state index contributed by atoms with van der Waals surface area (Å²) in [6, 6.07) is -3.68. The average Bonchev–Trinajstić information content (AvgIpc) is 3.00. The number of rotatable bonds is 13. The number of aliphatic hydroxyl groups is 6. The smallest absolute Gasteiger partial charge is 0.410 e. The molecule has 284 valence electrons. The van der Waals surface area contributed by atoms with Gasteiger partial charge >= 0.3 is 6.09 Å². The van der Waals surface area contributed by atoms with E-state index >= 15 is 0 Å². The van der Waals surface area contributed by atoms with E-state index in [1.54, 1.807) is 26.8 Å². The minimum absolute atomic E-state index is 0.0250. The first-order valence-electron chi connectivity index (χ1n) is 16.7. The fourth-order valence-corrected chi connectivity index (χ4v) is 6.55. The number of ether oxygens (including phenoxy) is 4. The van der Waals surface area contributed by atoms with Crippen molar-refractivity contribution < 1.29 is 59.2 Å². The van der Waals surface area contributed by atoms with Gasteiger partial charge in [-0.15, -0.1) is 0 Å². The van der Waals surface area contributed by atoms with Crippen molar-refractivity contribution in [1.29, 1.82) is 0 Å². The largest absolute Gasteiger partial charge is 0.492 e. The second kappa shape index (κ2) is 17.3. The van der Waals surface area contributed by atoms with Crippen LogP contribution < -0.4 is 27.8 Å². The lowest BCUT2D eigenvalue weighted by molar-refractivity contribution is -0.305. The summed E-state index contributed by atoms with van der Waals surface area (Å²) in [5.41, 5.74) is 16.0. The maximum atomic E-state index is 13.0. The molecule has 0 aromatic heterocycles. The van der Waals surface area contributed by atoms with Crippen LogP contribution >= 0.6 is 0 Å². The summed E-state index contributed by atoms with van der Waals surface area (Å²) in [6.45, 7) is 5.95. The molecule has 13 atom stereocenters. The predicted molar refractivity (Wildman–Crippen MR) is 174 cm³/mol. The molecule has 2 unspecified atom stereocenters. The van der Waals surface area contributed by atoms with Crippen molar-refractivity contribution in [1.82, 2.24) is 15.5 Å². The molecule has 14 N–H and O–H groups in total. The summed E-state index contributed by atoms with van der Waals surface area (Å²) in [5, 5.41) is 69.3. The number of amides is 2. The van der Waals surface area contributed by atoms with Crippen molar-refractivity contribution >= 4 is 12.0 Å². The average molecular weight is 707 g/mol. The standard InChI is InChI=1S/C31H58N6O12/c1-30(2,3)49-29(44)37(5)26-23(42)28(46-14-31(26,4)45)48-25-19(36-27(43)20(40)8-9-32)10-18(34)21(22(25)41)24-17(33)7-6-16(47-24)12-35-11-15(39)13-38/h6,15,17-26,28,35,38-42,45H,7-14,32-34H2,1-5H3,(H,36,43)/t15?,17-,18+,19-,20-,21?,22+,23-,24+,25+,26-,28-,31+/m1/s1. The van der Waals surface area contributed by atoms with Gasteiger partial charge in [0.2, 0.25) is 5.91 Å². The molecule has 1 aliphatic carbocycles. The third kappa shape index (κ3) is 10.7. The van der Waals surface area contributed by atoms with Crippen LogP contribution in [-0.2, 0) is 23.7 Å². The van der Waals surface area contributed by atoms with E-state index in [1.807, 2.05) is 0 Å². The van der Waals surface area contributed by atoms with Crippen LogP contribution in [0.4, 0.5) is 4.79 Å². The molecular weight excluding hydrogens is 648 g/mol. The van der Waals surface area contributed by atoms with Crippen LogP contribution in [0, 0.1) is 5.92 Å². The van der Waals surface area contributed by atoms with Crippen LogP contribution in [0.3, 0.4) is 0 Å². The first-order chi connectivity index (χ1) is 22.8. The van der Waals surface area contributed by atoms with Crippen molar-refractivity contribution in [3.63, 3.8) is 0 Å². The van der Waals surface area contributed by atoms with Gasteiger partial charge in [0.15, 0.2) is 6.29 Å². The lowest BCUT2D eigenvalue weighted by atomic mass is 9.72.